The normalized spacial score (nSPS) is 15.1. The number of carbonyl (C=O) groups is 18. The van der Waals surface area contributed by atoms with Crippen molar-refractivity contribution in [1.29, 1.82) is 0 Å². The molecule has 0 radical (unpaired) electrons. The van der Waals surface area contributed by atoms with Gasteiger partial charge in [0.1, 0.15) is 84.6 Å². The van der Waals surface area contributed by atoms with Crippen molar-refractivity contribution < 1.29 is 112 Å². The van der Waals surface area contributed by atoms with Crippen molar-refractivity contribution >= 4 is 118 Å². The van der Waals surface area contributed by atoms with Crippen LogP contribution in [0.3, 0.4) is 0 Å². The Morgan fingerprint density at radius 3 is 1.07 bits per heavy atom. The van der Waals surface area contributed by atoms with Gasteiger partial charge in [0.25, 0.3) is 0 Å². The smallest absolute Gasteiger partial charge is 0.326 e. The van der Waals surface area contributed by atoms with Crippen molar-refractivity contribution in [3.8, 4) is 0 Å². The Kier molecular flexibility index (Phi) is 45.5. The highest BCUT2D eigenvalue weighted by atomic mass is 32.2. The van der Waals surface area contributed by atoms with Crippen molar-refractivity contribution in [1.82, 2.24) is 74.4 Å². The van der Waals surface area contributed by atoms with Crippen LogP contribution in [0.5, 0.6) is 0 Å². The molecule has 0 spiro atoms. The van der Waals surface area contributed by atoms with Crippen LogP contribution in [0.4, 0.5) is 0 Å². The maximum Gasteiger partial charge on any atom is 0.326 e. The third-order valence-electron chi connectivity index (χ3n) is 15.1. The van der Waals surface area contributed by atoms with Crippen molar-refractivity contribution in [3.63, 3.8) is 0 Å². The van der Waals surface area contributed by atoms with Gasteiger partial charge in [-0.05, 0) is 136 Å². The maximum absolute atomic E-state index is 13.7. The second-order valence-corrected chi connectivity index (χ2v) is 25.6. The number of aliphatic hydroxyl groups excluding tert-OH is 2. The Balaban J connectivity index is 6.10. The number of aliphatic hydroxyl groups is 2. The zero-order valence-electron chi connectivity index (χ0n) is 59.1. The molecule has 584 valence electrons. The Morgan fingerprint density at radius 1 is 0.359 bits per heavy atom. The molecule has 0 aromatic rings. The van der Waals surface area contributed by atoms with Crippen molar-refractivity contribution in [3.05, 3.63) is 0 Å². The summed E-state index contributed by atoms with van der Waals surface area (Å²) >= 11 is 1.33. The fraction of sp³-hybridized carbons (Fsp3) is 0.705. The highest BCUT2D eigenvalue weighted by Gasteiger charge is 2.36. The Bertz CT molecular complexity index is 2910. The van der Waals surface area contributed by atoms with E-state index in [-0.39, 0.29) is 57.5 Å². The highest BCUT2D eigenvalue weighted by Crippen LogP contribution is 2.11. The lowest BCUT2D eigenvalue weighted by Crippen LogP contribution is -2.60. The molecule has 0 unspecified atom stereocenters. The number of rotatable bonds is 53. The summed E-state index contributed by atoms with van der Waals surface area (Å²) in [6.07, 6.45) is -0.0717. The van der Waals surface area contributed by atoms with E-state index >= 15 is 0 Å². The van der Waals surface area contributed by atoms with E-state index < -0.39 is 243 Å². The molecule has 42 heteroatoms. The molecule has 0 saturated carbocycles. The summed E-state index contributed by atoms with van der Waals surface area (Å²) in [5.41, 5.74) is 22.1. The number of carboxylic acids is 3. The van der Waals surface area contributed by atoms with Gasteiger partial charge >= 0.3 is 17.9 Å². The predicted octanol–water partition coefficient (Wildman–Crippen LogP) is -9.05. The number of nitrogens with two attached hydrogens (primary N) is 4. The summed E-state index contributed by atoms with van der Waals surface area (Å²) in [4.78, 5) is 233. The molecular weight excluding hydrogens is 1380 g/mol. The summed E-state index contributed by atoms with van der Waals surface area (Å²) in [6.45, 7) is 7.17. The molecule has 0 heterocycles. The molecule has 0 saturated heterocycles. The van der Waals surface area contributed by atoms with Gasteiger partial charge in [-0.3, -0.25) is 81.5 Å². The van der Waals surface area contributed by atoms with E-state index in [1.165, 1.54) is 46.4 Å². The average Bonchev–Trinajstić information content (AvgIpc) is 0.849. The van der Waals surface area contributed by atoms with E-state index in [2.05, 4.69) is 74.4 Å². The Morgan fingerprint density at radius 2 is 0.680 bits per heavy atom. The Hall–Kier alpha value is -9.39. The van der Waals surface area contributed by atoms with Crippen LogP contribution in [-0.2, 0) is 86.3 Å². The molecule has 0 aliphatic heterocycles. The van der Waals surface area contributed by atoms with Crippen LogP contribution in [0.25, 0.3) is 0 Å². The number of thioether (sulfide) groups is 1. The molecule has 0 aliphatic rings. The summed E-state index contributed by atoms with van der Waals surface area (Å²) in [5.74, 6) is -18.7. The summed E-state index contributed by atoms with van der Waals surface area (Å²) < 4.78 is 0. The van der Waals surface area contributed by atoms with E-state index in [0.717, 1.165) is 0 Å². The van der Waals surface area contributed by atoms with Gasteiger partial charge < -0.3 is 123 Å². The molecule has 15 amide bonds. The molecule has 27 N–H and O–H groups in total. The lowest BCUT2D eigenvalue weighted by molar-refractivity contribution is -0.143. The average molecular weight is 1490 g/mol. The number of aliphatic carboxylic acids is 3. The first-order valence-corrected chi connectivity index (χ1v) is 34.7. The van der Waals surface area contributed by atoms with Gasteiger partial charge in [0, 0.05) is 19.3 Å². The van der Waals surface area contributed by atoms with Crippen LogP contribution in [-0.4, -0.2) is 261 Å². The zero-order chi connectivity index (χ0) is 78.8. The molecule has 0 fully saturated rings. The first kappa shape index (κ1) is 93.6. The number of carboxylic acid groups (broad SMARTS) is 3. The topological polar surface area (TPSA) is 681 Å². The van der Waals surface area contributed by atoms with Gasteiger partial charge in [-0.15, -0.1) is 0 Å². The van der Waals surface area contributed by atoms with Gasteiger partial charge in [-0.1, -0.05) is 13.8 Å². The van der Waals surface area contributed by atoms with Gasteiger partial charge in [0.15, 0.2) is 0 Å². The van der Waals surface area contributed by atoms with E-state index in [0.29, 0.717) is 25.0 Å². The number of unbranched alkanes of at least 4 members (excludes halogenated alkanes) is 2. The van der Waals surface area contributed by atoms with E-state index in [9.17, 15) is 107 Å². The molecule has 0 aromatic carbocycles. The number of amides is 15. The van der Waals surface area contributed by atoms with Crippen LogP contribution in [0.1, 0.15) is 138 Å². The van der Waals surface area contributed by atoms with Gasteiger partial charge in [-0.2, -0.15) is 11.8 Å². The van der Waals surface area contributed by atoms with Gasteiger partial charge in [0.05, 0.1) is 19.8 Å². The first-order valence-electron chi connectivity index (χ1n) is 33.3. The zero-order valence-corrected chi connectivity index (χ0v) is 59.9. The van der Waals surface area contributed by atoms with Crippen LogP contribution in [0, 0.1) is 5.92 Å². The number of nitrogens with one attached hydrogen (secondary N) is 14. The molecule has 103 heavy (non-hydrogen) atoms. The first-order chi connectivity index (χ1) is 48.3. The van der Waals surface area contributed by atoms with Crippen LogP contribution in [0.2, 0.25) is 0 Å². The number of hydrogen-bond acceptors (Lipinski definition) is 24. The third-order valence-corrected chi connectivity index (χ3v) is 15.8. The second-order valence-electron chi connectivity index (χ2n) is 24.6. The Labute approximate surface area is 599 Å². The number of primary amides is 1. The molecule has 14 atom stereocenters. The van der Waals surface area contributed by atoms with Crippen LogP contribution < -0.4 is 97.4 Å². The van der Waals surface area contributed by atoms with Crippen molar-refractivity contribution in [2.45, 2.75) is 223 Å². The third kappa shape index (κ3) is 38.5. The molecular formula is C61H106N18O23S. The quantitative estimate of drug-likeness (QED) is 0.0252. The predicted molar refractivity (Wildman–Crippen MR) is 367 cm³/mol. The SMILES string of the molecule is CSCC[C@H](NC(=O)[C@@H](N)CO)C(=O)N[C@@H](CCC(N)=O)C(=O)N[C@@H](C)C(=O)N[C@@H](CO)C(=O)N[C@@H](CC(C)C)C(=O)N[C@@H](C)C(=O)N[C@@H](C)C(=O)N[C@@H](CCC(=O)O)C(=O)N[C@@H](C)C(=O)N[C@@H](CCCCN)C(=O)NCC(=O)N[C@@H](CCCCN)C(=O)N[C@@H](C)C(=O)N[C@@H](CCC(=O)O)C(=O)O. The van der Waals surface area contributed by atoms with Crippen LogP contribution in [0.15, 0.2) is 0 Å². The maximum atomic E-state index is 13.7. The van der Waals surface area contributed by atoms with Gasteiger partial charge in [-0.25, -0.2) is 4.79 Å². The molecule has 0 aliphatic carbocycles. The lowest BCUT2D eigenvalue weighted by Gasteiger charge is -2.27. The number of carbonyl (C=O) groups excluding carboxylic acids is 15. The minimum Gasteiger partial charge on any atom is -0.481 e. The van der Waals surface area contributed by atoms with Crippen LogP contribution >= 0.6 is 11.8 Å². The van der Waals surface area contributed by atoms with E-state index in [4.69, 9.17) is 28.0 Å². The fourth-order valence-electron chi connectivity index (χ4n) is 9.09. The summed E-state index contributed by atoms with van der Waals surface area (Å²) in [6, 6.07) is -20.6. The monoisotopic (exact) mass is 1490 g/mol. The minimum atomic E-state index is -1.76. The fourth-order valence-corrected chi connectivity index (χ4v) is 9.56. The van der Waals surface area contributed by atoms with Crippen molar-refractivity contribution in [2.24, 2.45) is 28.9 Å². The standard InChI is InChI=1S/C61H106N18O23S/c1-29(2)25-42(78-60(100)43(28-81)79-52(92)34(7)70-56(96)38(15-18-44(65)82)76-58(98)40(21-24-103-8)75-53(93)35(64)27-80)59(99)71-30(3)48(88)67-31(4)49(89)74-39(16-19-46(84)85)57(97)69-32(5)50(90)73-36(13-9-11-22-62)54(94)66-26-45(83)72-37(14-10-12-23-63)55(95)68-33(6)51(91)77-41(61(101)102)17-20-47(86)87/h29-43,80-81H,9-28,62-64H2,1-8H3,(H2,65,82)(H,66,94)(H,67,88)(H,68,95)(H,69,97)(H,70,96)(H,71,99)(H,72,83)(H,73,90)(H,74,89)(H,75,93)(H,76,98)(H,77,91)(H,78,100)(H,79,92)(H,84,85)(H,86,87)(H,101,102)/t30-,31-,32-,33-,34-,35-,36-,37-,38-,39-,40-,41-,42-,43-/m0/s1. The number of hydrogen-bond donors (Lipinski definition) is 23. The highest BCUT2D eigenvalue weighted by molar-refractivity contribution is 7.98. The van der Waals surface area contributed by atoms with Crippen molar-refractivity contribution in [2.75, 3.05) is 44.9 Å². The largest absolute Gasteiger partial charge is 0.481 e. The van der Waals surface area contributed by atoms with E-state index in [1.54, 1.807) is 20.1 Å². The summed E-state index contributed by atoms with van der Waals surface area (Å²) in [5, 5.41) is 80.3. The molecule has 0 rings (SSSR count). The second kappa shape index (κ2) is 50.1. The minimum absolute atomic E-state index is 0.00581. The summed E-state index contributed by atoms with van der Waals surface area (Å²) in [7, 11) is 0. The van der Waals surface area contributed by atoms with E-state index in [1.807, 2.05) is 0 Å². The molecule has 41 nitrogen and oxygen atoms in total. The van der Waals surface area contributed by atoms with Gasteiger partial charge in [0.2, 0.25) is 88.6 Å². The molecule has 0 bridgehead atoms. The lowest BCUT2D eigenvalue weighted by atomic mass is 10.0. The molecule has 0 aromatic heterocycles.